The van der Waals surface area contributed by atoms with Gasteiger partial charge in [-0.05, 0) is 44.2 Å². The van der Waals surface area contributed by atoms with E-state index in [1.807, 2.05) is 42.5 Å². The Morgan fingerprint density at radius 2 is 1.58 bits per heavy atom. The molecule has 0 aliphatic heterocycles. The maximum Gasteiger partial charge on any atom is 0.122 e. The van der Waals surface area contributed by atoms with Crippen molar-refractivity contribution < 1.29 is 0 Å². The Labute approximate surface area is 138 Å². The largest absolute Gasteiger partial charge is 0.384 e. The van der Waals surface area contributed by atoms with Crippen LogP contribution < -0.4 is 5.73 Å². The first-order valence-corrected chi connectivity index (χ1v) is 7.75. The average Bonchev–Trinajstić information content (AvgIpc) is 3.18. The third-order valence-electron chi connectivity index (χ3n) is 4.37. The van der Waals surface area contributed by atoms with Crippen LogP contribution >= 0.6 is 0 Å². The number of nitrogen functional groups attached to an aromatic ring is 1. The standard InChI is InChI=1S/C18H18N6/c1-18(2,16-21-11-5-3-4-6-12(11)22-16)17-23-13-8-7-10(15(19)20)9-14(13)24-17/h3-9H,1-2H3,(H3,19,20)(H,21,22)(H,23,24). The molecule has 0 spiro atoms. The van der Waals surface area contributed by atoms with Crippen LogP contribution in [-0.2, 0) is 5.41 Å². The van der Waals surface area contributed by atoms with Crippen molar-refractivity contribution in [3.8, 4) is 0 Å². The van der Waals surface area contributed by atoms with Crippen molar-refractivity contribution >= 4 is 27.9 Å². The molecule has 0 unspecified atom stereocenters. The fraction of sp³-hybridized carbons (Fsp3) is 0.167. The van der Waals surface area contributed by atoms with Gasteiger partial charge in [-0.1, -0.05) is 12.1 Å². The highest BCUT2D eigenvalue weighted by Crippen LogP contribution is 2.30. The Hall–Kier alpha value is -3.15. The van der Waals surface area contributed by atoms with Gasteiger partial charge >= 0.3 is 0 Å². The number of aromatic amines is 2. The summed E-state index contributed by atoms with van der Waals surface area (Å²) in [5.74, 6) is 1.72. The number of nitrogens with two attached hydrogens (primary N) is 1. The van der Waals surface area contributed by atoms with Gasteiger partial charge in [0.2, 0.25) is 0 Å². The first-order valence-electron chi connectivity index (χ1n) is 7.75. The minimum absolute atomic E-state index is 0.0459. The summed E-state index contributed by atoms with van der Waals surface area (Å²) in [5, 5.41) is 7.57. The molecular weight excluding hydrogens is 300 g/mol. The third-order valence-corrected chi connectivity index (χ3v) is 4.37. The molecule has 2 aromatic heterocycles. The first kappa shape index (κ1) is 14.4. The van der Waals surface area contributed by atoms with Crippen molar-refractivity contribution in [1.29, 1.82) is 5.41 Å². The number of aromatic nitrogens is 4. The maximum absolute atomic E-state index is 7.57. The van der Waals surface area contributed by atoms with Crippen LogP contribution in [0, 0.1) is 5.41 Å². The van der Waals surface area contributed by atoms with E-state index in [1.165, 1.54) is 0 Å². The molecule has 0 atom stereocenters. The van der Waals surface area contributed by atoms with E-state index >= 15 is 0 Å². The minimum atomic E-state index is -0.408. The van der Waals surface area contributed by atoms with Crippen molar-refractivity contribution in [3.63, 3.8) is 0 Å². The maximum atomic E-state index is 7.57. The summed E-state index contributed by atoms with van der Waals surface area (Å²) in [6, 6.07) is 13.5. The van der Waals surface area contributed by atoms with Crippen molar-refractivity contribution in [2.24, 2.45) is 5.73 Å². The quantitative estimate of drug-likeness (QED) is 0.344. The lowest BCUT2D eigenvalue weighted by atomic mass is 9.92. The second kappa shape index (κ2) is 4.92. The van der Waals surface area contributed by atoms with Gasteiger partial charge < -0.3 is 15.7 Å². The smallest absolute Gasteiger partial charge is 0.122 e. The summed E-state index contributed by atoms with van der Waals surface area (Å²) in [5.41, 5.74) is 9.50. The fourth-order valence-corrected chi connectivity index (χ4v) is 2.83. The van der Waals surface area contributed by atoms with Crippen LogP contribution in [0.4, 0.5) is 0 Å². The molecule has 4 aromatic rings. The molecule has 0 saturated heterocycles. The van der Waals surface area contributed by atoms with E-state index in [9.17, 15) is 0 Å². The number of nitrogens with one attached hydrogen (secondary N) is 3. The number of para-hydroxylation sites is 2. The summed E-state index contributed by atoms with van der Waals surface area (Å²) in [4.78, 5) is 16.1. The molecule has 24 heavy (non-hydrogen) atoms. The number of H-pyrrole nitrogens is 2. The number of benzene rings is 2. The Kier molecular flexibility index (Phi) is 2.96. The van der Waals surface area contributed by atoms with E-state index in [1.54, 1.807) is 0 Å². The number of imidazole rings is 2. The molecule has 6 heteroatoms. The van der Waals surface area contributed by atoms with Crippen molar-refractivity contribution in [3.05, 3.63) is 59.7 Å². The minimum Gasteiger partial charge on any atom is -0.384 e. The van der Waals surface area contributed by atoms with E-state index in [0.717, 1.165) is 33.7 Å². The molecule has 4 rings (SSSR count). The summed E-state index contributed by atoms with van der Waals surface area (Å²) in [6.45, 7) is 4.16. The highest BCUT2D eigenvalue weighted by Gasteiger charge is 2.30. The molecule has 0 radical (unpaired) electrons. The number of hydrogen-bond acceptors (Lipinski definition) is 3. The van der Waals surface area contributed by atoms with Gasteiger partial charge in [0.05, 0.1) is 27.5 Å². The molecule has 0 aliphatic rings. The molecule has 2 heterocycles. The Morgan fingerprint density at radius 3 is 2.25 bits per heavy atom. The number of amidine groups is 1. The number of hydrogen-bond donors (Lipinski definition) is 4. The van der Waals surface area contributed by atoms with E-state index in [0.29, 0.717) is 5.56 Å². The Balaban J connectivity index is 1.83. The predicted octanol–water partition coefficient (Wildman–Crippen LogP) is 3.05. The van der Waals surface area contributed by atoms with Gasteiger partial charge in [-0.25, -0.2) is 9.97 Å². The van der Waals surface area contributed by atoms with Crippen LogP contribution in [0.15, 0.2) is 42.5 Å². The van der Waals surface area contributed by atoms with Crippen LogP contribution in [-0.4, -0.2) is 25.8 Å². The Morgan fingerprint density at radius 1 is 0.958 bits per heavy atom. The molecule has 5 N–H and O–H groups in total. The van der Waals surface area contributed by atoms with Crippen molar-refractivity contribution in [1.82, 2.24) is 19.9 Å². The lowest BCUT2D eigenvalue weighted by molar-refractivity contribution is 0.567. The second-order valence-corrected chi connectivity index (χ2v) is 6.46. The van der Waals surface area contributed by atoms with Gasteiger partial charge in [0.25, 0.3) is 0 Å². The van der Waals surface area contributed by atoms with Crippen LogP contribution in [0.1, 0.15) is 31.1 Å². The summed E-state index contributed by atoms with van der Waals surface area (Å²) >= 11 is 0. The zero-order valence-corrected chi connectivity index (χ0v) is 13.5. The summed E-state index contributed by atoms with van der Waals surface area (Å²) in [6.07, 6.45) is 0. The van der Waals surface area contributed by atoms with E-state index in [-0.39, 0.29) is 5.84 Å². The van der Waals surface area contributed by atoms with Gasteiger partial charge in [-0.3, -0.25) is 5.41 Å². The molecular formula is C18H18N6. The predicted molar refractivity (Wildman–Crippen MR) is 95.3 cm³/mol. The van der Waals surface area contributed by atoms with E-state index < -0.39 is 5.41 Å². The normalized spacial score (nSPS) is 12.1. The van der Waals surface area contributed by atoms with Crippen LogP contribution in [0.2, 0.25) is 0 Å². The summed E-state index contributed by atoms with van der Waals surface area (Å²) in [7, 11) is 0. The molecule has 0 bridgehead atoms. The van der Waals surface area contributed by atoms with Crippen LogP contribution in [0.3, 0.4) is 0 Å². The monoisotopic (exact) mass is 318 g/mol. The zero-order chi connectivity index (χ0) is 16.9. The highest BCUT2D eigenvalue weighted by atomic mass is 15.0. The van der Waals surface area contributed by atoms with E-state index in [4.69, 9.17) is 21.1 Å². The van der Waals surface area contributed by atoms with Gasteiger partial charge in [0, 0.05) is 5.56 Å². The fourth-order valence-electron chi connectivity index (χ4n) is 2.83. The second-order valence-electron chi connectivity index (χ2n) is 6.46. The molecule has 0 fully saturated rings. The van der Waals surface area contributed by atoms with Crippen LogP contribution in [0.25, 0.3) is 22.1 Å². The molecule has 0 saturated carbocycles. The highest BCUT2D eigenvalue weighted by molar-refractivity contribution is 5.98. The molecule has 0 aliphatic carbocycles. The molecule has 2 aromatic carbocycles. The lowest BCUT2D eigenvalue weighted by Gasteiger charge is -2.19. The molecule has 120 valence electrons. The first-order chi connectivity index (χ1) is 11.4. The van der Waals surface area contributed by atoms with Gasteiger partial charge in [0.1, 0.15) is 17.5 Å². The lowest BCUT2D eigenvalue weighted by Crippen LogP contribution is -2.22. The average molecular weight is 318 g/mol. The SMILES string of the molecule is CC(C)(c1nc2ccccc2[nH]1)c1nc2ccc(C(=N)N)cc2[nH]1. The van der Waals surface area contributed by atoms with Gasteiger partial charge in [-0.2, -0.15) is 0 Å². The number of nitrogens with zero attached hydrogens (tertiary/aromatic N) is 2. The zero-order valence-electron chi connectivity index (χ0n) is 13.5. The number of fused-ring (bicyclic) bond motifs is 2. The molecule has 0 amide bonds. The number of rotatable bonds is 3. The van der Waals surface area contributed by atoms with Gasteiger partial charge in [0.15, 0.2) is 0 Å². The van der Waals surface area contributed by atoms with Gasteiger partial charge in [-0.15, -0.1) is 0 Å². The summed E-state index contributed by atoms with van der Waals surface area (Å²) < 4.78 is 0. The molecule has 6 nitrogen and oxygen atoms in total. The third kappa shape index (κ3) is 2.15. The van der Waals surface area contributed by atoms with Crippen molar-refractivity contribution in [2.75, 3.05) is 0 Å². The van der Waals surface area contributed by atoms with E-state index in [2.05, 4.69) is 23.8 Å². The Bertz CT molecular complexity index is 1040. The van der Waals surface area contributed by atoms with Crippen LogP contribution in [0.5, 0.6) is 0 Å². The topological polar surface area (TPSA) is 107 Å². The van der Waals surface area contributed by atoms with Crippen molar-refractivity contribution in [2.45, 2.75) is 19.3 Å².